The number of nitrogens with zero attached hydrogens (tertiary/aromatic N) is 2. The Morgan fingerprint density at radius 3 is 2.92 bits per heavy atom. The van der Waals surface area contributed by atoms with Gasteiger partial charge in [-0.05, 0) is 18.2 Å². The summed E-state index contributed by atoms with van der Waals surface area (Å²) >= 11 is 5.98. The van der Waals surface area contributed by atoms with E-state index in [2.05, 4.69) is 6.07 Å². The summed E-state index contributed by atoms with van der Waals surface area (Å²) in [6, 6.07) is 7.58. The van der Waals surface area contributed by atoms with Crippen molar-refractivity contribution in [3.8, 4) is 6.07 Å². The minimum Gasteiger partial charge on any atom is -0.349 e. The van der Waals surface area contributed by atoms with Crippen molar-refractivity contribution in [3.05, 3.63) is 35.0 Å². The van der Waals surface area contributed by atoms with Crippen LogP contribution in [0.4, 0.5) is 0 Å². The zero-order valence-corrected chi connectivity index (χ0v) is 7.84. The second-order valence-electron chi connectivity index (χ2n) is 2.93. The Morgan fingerprint density at radius 1 is 1.46 bits per heavy atom. The molecule has 0 saturated heterocycles. The van der Waals surface area contributed by atoms with Crippen LogP contribution < -0.4 is 0 Å². The van der Waals surface area contributed by atoms with Crippen molar-refractivity contribution in [1.29, 1.82) is 5.26 Å². The average Bonchev–Trinajstić information content (AvgIpc) is 2.42. The lowest BCUT2D eigenvalue weighted by Crippen LogP contribution is -1.83. The molecular formula is C10H7ClN2. The Labute approximate surface area is 81.0 Å². The summed E-state index contributed by atoms with van der Waals surface area (Å²) in [5, 5.41) is 10.3. The van der Waals surface area contributed by atoms with Crippen LogP contribution in [0.5, 0.6) is 0 Å². The third kappa shape index (κ3) is 1.18. The normalized spacial score (nSPS) is 10.2. The van der Waals surface area contributed by atoms with E-state index in [1.54, 1.807) is 12.1 Å². The van der Waals surface area contributed by atoms with Crippen molar-refractivity contribution in [1.82, 2.24) is 4.57 Å². The van der Waals surface area contributed by atoms with Crippen LogP contribution in [0.1, 0.15) is 5.56 Å². The van der Waals surface area contributed by atoms with Crippen molar-refractivity contribution in [2.45, 2.75) is 0 Å². The first-order valence-corrected chi connectivity index (χ1v) is 4.25. The van der Waals surface area contributed by atoms with Gasteiger partial charge in [-0.1, -0.05) is 11.6 Å². The molecule has 1 heterocycles. The van der Waals surface area contributed by atoms with E-state index in [0.717, 1.165) is 10.9 Å². The zero-order valence-electron chi connectivity index (χ0n) is 7.08. The summed E-state index contributed by atoms with van der Waals surface area (Å²) in [5.41, 5.74) is 1.68. The highest BCUT2D eigenvalue weighted by atomic mass is 35.5. The van der Waals surface area contributed by atoms with Crippen LogP contribution in [0.25, 0.3) is 10.9 Å². The number of aromatic nitrogens is 1. The number of hydrogen-bond acceptors (Lipinski definition) is 1. The summed E-state index contributed by atoms with van der Waals surface area (Å²) in [7, 11) is 1.93. The van der Waals surface area contributed by atoms with Gasteiger partial charge in [0.2, 0.25) is 0 Å². The Balaban J connectivity index is 2.86. The van der Waals surface area contributed by atoms with Gasteiger partial charge in [0, 0.05) is 24.1 Å². The van der Waals surface area contributed by atoms with Crippen LogP contribution in [-0.2, 0) is 7.05 Å². The maximum Gasteiger partial charge on any atom is 0.0991 e. The average molecular weight is 191 g/mol. The number of rotatable bonds is 0. The van der Waals surface area contributed by atoms with Crippen LogP contribution in [0, 0.1) is 11.3 Å². The Kier molecular flexibility index (Phi) is 1.75. The Morgan fingerprint density at radius 2 is 2.23 bits per heavy atom. The van der Waals surface area contributed by atoms with Crippen molar-refractivity contribution in [3.63, 3.8) is 0 Å². The molecule has 1 aromatic carbocycles. The molecule has 3 heteroatoms. The molecule has 2 aromatic rings. The molecule has 0 amide bonds. The molecule has 0 aliphatic rings. The number of hydrogen-bond donors (Lipinski definition) is 0. The first kappa shape index (κ1) is 8.15. The molecule has 0 atom stereocenters. The molecule has 0 N–H and O–H groups in total. The lowest BCUT2D eigenvalue weighted by atomic mass is 10.2. The molecule has 64 valence electrons. The Bertz CT molecular complexity index is 505. The predicted octanol–water partition coefficient (Wildman–Crippen LogP) is 2.70. The van der Waals surface area contributed by atoms with E-state index in [1.807, 2.05) is 23.9 Å². The monoisotopic (exact) mass is 190 g/mol. The third-order valence-electron chi connectivity index (χ3n) is 2.07. The van der Waals surface area contributed by atoms with Gasteiger partial charge in [-0.2, -0.15) is 5.26 Å². The lowest BCUT2D eigenvalue weighted by Gasteiger charge is -1.94. The smallest absolute Gasteiger partial charge is 0.0991 e. The van der Waals surface area contributed by atoms with Gasteiger partial charge in [0.1, 0.15) is 0 Å². The summed E-state index contributed by atoms with van der Waals surface area (Å²) in [6.45, 7) is 0. The van der Waals surface area contributed by atoms with Gasteiger partial charge in [0.15, 0.2) is 0 Å². The van der Waals surface area contributed by atoms with Gasteiger partial charge in [0.05, 0.1) is 16.7 Å². The fourth-order valence-electron chi connectivity index (χ4n) is 1.41. The van der Waals surface area contributed by atoms with E-state index in [4.69, 9.17) is 16.9 Å². The molecule has 0 aliphatic carbocycles. The second-order valence-corrected chi connectivity index (χ2v) is 3.34. The summed E-state index contributed by atoms with van der Waals surface area (Å²) in [6.07, 6.45) is 1.84. The molecule has 0 bridgehead atoms. The van der Waals surface area contributed by atoms with Gasteiger partial charge in [-0.3, -0.25) is 0 Å². The molecule has 0 radical (unpaired) electrons. The number of fused-ring (bicyclic) bond motifs is 1. The van der Waals surface area contributed by atoms with Gasteiger partial charge >= 0.3 is 0 Å². The largest absolute Gasteiger partial charge is 0.349 e. The standard InChI is InChI=1S/C10H7ClN2/c1-13-6-9(11)8-4-7(5-12)2-3-10(8)13/h2-4,6H,1H3. The minimum absolute atomic E-state index is 0.639. The molecule has 0 saturated carbocycles. The number of aryl methyl sites for hydroxylation is 1. The molecule has 0 unspecified atom stereocenters. The van der Waals surface area contributed by atoms with E-state index in [1.165, 1.54) is 0 Å². The highest BCUT2D eigenvalue weighted by Gasteiger charge is 2.04. The van der Waals surface area contributed by atoms with Crippen molar-refractivity contribution < 1.29 is 0 Å². The van der Waals surface area contributed by atoms with E-state index in [-0.39, 0.29) is 0 Å². The van der Waals surface area contributed by atoms with Gasteiger partial charge < -0.3 is 4.57 Å². The van der Waals surface area contributed by atoms with E-state index >= 15 is 0 Å². The molecule has 0 spiro atoms. The third-order valence-corrected chi connectivity index (χ3v) is 2.37. The lowest BCUT2D eigenvalue weighted by molar-refractivity contribution is 0.969. The van der Waals surface area contributed by atoms with Gasteiger partial charge in [-0.25, -0.2) is 0 Å². The van der Waals surface area contributed by atoms with Crippen molar-refractivity contribution >= 4 is 22.5 Å². The number of benzene rings is 1. The summed E-state index contributed by atoms with van der Waals surface area (Å²) < 4.78 is 1.94. The van der Waals surface area contributed by atoms with Crippen LogP contribution in [0.2, 0.25) is 5.02 Å². The van der Waals surface area contributed by atoms with Crippen LogP contribution in [0.3, 0.4) is 0 Å². The summed E-state index contributed by atoms with van der Waals surface area (Å²) in [5.74, 6) is 0. The maximum atomic E-state index is 8.69. The molecule has 1 aromatic heterocycles. The quantitative estimate of drug-likeness (QED) is 0.628. The van der Waals surface area contributed by atoms with Crippen LogP contribution in [-0.4, -0.2) is 4.57 Å². The maximum absolute atomic E-state index is 8.69. The van der Waals surface area contributed by atoms with Crippen LogP contribution >= 0.6 is 11.6 Å². The van der Waals surface area contributed by atoms with Crippen LogP contribution in [0.15, 0.2) is 24.4 Å². The first-order valence-electron chi connectivity index (χ1n) is 3.87. The first-order chi connectivity index (χ1) is 6.22. The zero-order chi connectivity index (χ0) is 9.42. The van der Waals surface area contributed by atoms with E-state index in [9.17, 15) is 0 Å². The molecule has 2 nitrogen and oxygen atoms in total. The molecular weight excluding hydrogens is 184 g/mol. The molecule has 2 rings (SSSR count). The van der Waals surface area contributed by atoms with Gasteiger partial charge in [0.25, 0.3) is 0 Å². The molecule has 13 heavy (non-hydrogen) atoms. The van der Waals surface area contributed by atoms with Crippen molar-refractivity contribution in [2.75, 3.05) is 0 Å². The fourth-order valence-corrected chi connectivity index (χ4v) is 1.71. The number of nitriles is 1. The van der Waals surface area contributed by atoms with Gasteiger partial charge in [-0.15, -0.1) is 0 Å². The fraction of sp³-hybridized carbons (Fsp3) is 0.100. The summed E-state index contributed by atoms with van der Waals surface area (Å²) in [4.78, 5) is 0. The second kappa shape index (κ2) is 2.79. The minimum atomic E-state index is 0.639. The Hall–Kier alpha value is -1.46. The molecule has 0 fully saturated rings. The molecule has 0 aliphatic heterocycles. The van der Waals surface area contributed by atoms with E-state index < -0.39 is 0 Å². The number of halogens is 1. The predicted molar refractivity (Wildman–Crippen MR) is 52.6 cm³/mol. The highest BCUT2D eigenvalue weighted by molar-refractivity contribution is 6.35. The highest BCUT2D eigenvalue weighted by Crippen LogP contribution is 2.25. The van der Waals surface area contributed by atoms with Crippen molar-refractivity contribution in [2.24, 2.45) is 7.05 Å². The SMILES string of the molecule is Cn1cc(Cl)c2cc(C#N)ccc21. The topological polar surface area (TPSA) is 28.7 Å². The van der Waals surface area contributed by atoms with E-state index in [0.29, 0.717) is 10.6 Å².